The Hall–Kier alpha value is -2.10. The number of carbonyl (C=O) groups is 1. The van der Waals surface area contributed by atoms with Crippen LogP contribution >= 0.6 is 0 Å². The van der Waals surface area contributed by atoms with Crippen molar-refractivity contribution in [2.75, 3.05) is 6.61 Å². The predicted molar refractivity (Wildman–Crippen MR) is 69.0 cm³/mol. The van der Waals surface area contributed by atoms with E-state index in [0.29, 0.717) is 23.5 Å². The molecule has 0 saturated heterocycles. The van der Waals surface area contributed by atoms with Crippen molar-refractivity contribution in [2.24, 2.45) is 7.05 Å². The summed E-state index contributed by atoms with van der Waals surface area (Å²) in [6.07, 6.45) is 1.74. The van der Waals surface area contributed by atoms with Crippen LogP contribution in [0.5, 0.6) is 5.75 Å². The minimum absolute atomic E-state index is 0.0512. The van der Waals surface area contributed by atoms with Crippen LogP contribution in [-0.4, -0.2) is 22.2 Å². The normalized spacial score (nSPS) is 10.4. The molecule has 2 aromatic rings. The molecule has 0 fully saturated rings. The molecule has 0 bridgehead atoms. The van der Waals surface area contributed by atoms with Crippen molar-refractivity contribution in [3.8, 4) is 5.75 Å². The molecule has 0 spiro atoms. The van der Waals surface area contributed by atoms with Crippen molar-refractivity contribution >= 4 is 5.78 Å². The third-order valence-electron chi connectivity index (χ3n) is 2.69. The second-order valence-electron chi connectivity index (χ2n) is 4.06. The standard InChI is InChI=1S/C14H16N2O2/c1-4-18-13-8-6-5-7-11(13)14(17)12-9-16(3)15-10(12)2/h5-9H,4H2,1-3H3. The number of benzene rings is 1. The van der Waals surface area contributed by atoms with Gasteiger partial charge in [0.2, 0.25) is 0 Å². The zero-order valence-corrected chi connectivity index (χ0v) is 10.8. The minimum Gasteiger partial charge on any atom is -0.493 e. The fourth-order valence-electron chi connectivity index (χ4n) is 1.90. The Morgan fingerprint density at radius 3 is 2.67 bits per heavy atom. The zero-order chi connectivity index (χ0) is 13.1. The summed E-state index contributed by atoms with van der Waals surface area (Å²) in [5.41, 5.74) is 1.92. The Morgan fingerprint density at radius 1 is 1.33 bits per heavy atom. The first-order valence-electron chi connectivity index (χ1n) is 5.90. The van der Waals surface area contributed by atoms with E-state index in [1.54, 1.807) is 24.0 Å². The average molecular weight is 244 g/mol. The van der Waals surface area contributed by atoms with Gasteiger partial charge in [0.25, 0.3) is 0 Å². The number of para-hydroxylation sites is 1. The molecule has 0 atom stereocenters. The highest BCUT2D eigenvalue weighted by Gasteiger charge is 2.18. The van der Waals surface area contributed by atoms with E-state index in [1.165, 1.54) is 0 Å². The van der Waals surface area contributed by atoms with Crippen LogP contribution in [-0.2, 0) is 7.05 Å². The van der Waals surface area contributed by atoms with Gasteiger partial charge in [-0.05, 0) is 26.0 Å². The highest BCUT2D eigenvalue weighted by Crippen LogP contribution is 2.22. The largest absolute Gasteiger partial charge is 0.493 e. The molecule has 0 aliphatic rings. The lowest BCUT2D eigenvalue weighted by atomic mass is 10.0. The molecule has 0 amide bonds. The van der Waals surface area contributed by atoms with Gasteiger partial charge < -0.3 is 4.74 Å². The van der Waals surface area contributed by atoms with E-state index in [9.17, 15) is 4.79 Å². The van der Waals surface area contributed by atoms with Gasteiger partial charge in [0.1, 0.15) is 5.75 Å². The van der Waals surface area contributed by atoms with Gasteiger partial charge in [-0.25, -0.2) is 0 Å². The first-order chi connectivity index (χ1) is 8.63. The van der Waals surface area contributed by atoms with Gasteiger partial charge in [-0.15, -0.1) is 0 Å². The maximum Gasteiger partial charge on any atom is 0.200 e. The monoisotopic (exact) mass is 244 g/mol. The van der Waals surface area contributed by atoms with Crippen LogP contribution in [0.3, 0.4) is 0 Å². The fraction of sp³-hybridized carbons (Fsp3) is 0.286. The predicted octanol–water partition coefficient (Wildman–Crippen LogP) is 2.36. The van der Waals surface area contributed by atoms with Gasteiger partial charge in [0.15, 0.2) is 5.78 Å². The van der Waals surface area contributed by atoms with Crippen LogP contribution in [0, 0.1) is 6.92 Å². The number of hydrogen-bond acceptors (Lipinski definition) is 3. The Bertz CT molecular complexity index is 573. The van der Waals surface area contributed by atoms with Crippen molar-refractivity contribution in [2.45, 2.75) is 13.8 Å². The quantitative estimate of drug-likeness (QED) is 0.775. The molecule has 0 saturated carbocycles. The van der Waals surface area contributed by atoms with Crippen LogP contribution in [0.1, 0.15) is 28.5 Å². The number of ether oxygens (including phenoxy) is 1. The van der Waals surface area contributed by atoms with Crippen molar-refractivity contribution in [3.63, 3.8) is 0 Å². The Balaban J connectivity index is 2.43. The summed E-state index contributed by atoms with van der Waals surface area (Å²) in [6.45, 7) is 4.27. The lowest BCUT2D eigenvalue weighted by Crippen LogP contribution is -2.05. The van der Waals surface area contributed by atoms with Crippen LogP contribution in [0.25, 0.3) is 0 Å². The molecule has 4 heteroatoms. The Kier molecular flexibility index (Phi) is 3.46. The van der Waals surface area contributed by atoms with Crippen molar-refractivity contribution in [3.05, 3.63) is 47.3 Å². The van der Waals surface area contributed by atoms with E-state index < -0.39 is 0 Å². The number of rotatable bonds is 4. The van der Waals surface area contributed by atoms with E-state index in [-0.39, 0.29) is 5.78 Å². The summed E-state index contributed by atoms with van der Waals surface area (Å²) in [6, 6.07) is 7.28. The molecule has 1 aromatic heterocycles. The van der Waals surface area contributed by atoms with Gasteiger partial charge in [-0.1, -0.05) is 12.1 Å². The number of carbonyl (C=O) groups excluding carboxylic acids is 1. The lowest BCUT2D eigenvalue weighted by molar-refractivity contribution is 0.103. The van der Waals surface area contributed by atoms with Crippen molar-refractivity contribution in [1.82, 2.24) is 9.78 Å². The number of nitrogens with zero attached hydrogens (tertiary/aromatic N) is 2. The SMILES string of the molecule is CCOc1ccccc1C(=O)c1cn(C)nc1C. The third-order valence-corrected chi connectivity index (χ3v) is 2.69. The first-order valence-corrected chi connectivity index (χ1v) is 5.90. The molecule has 0 unspecified atom stereocenters. The molecule has 4 nitrogen and oxygen atoms in total. The Morgan fingerprint density at radius 2 is 2.06 bits per heavy atom. The molecule has 0 aliphatic carbocycles. The lowest BCUT2D eigenvalue weighted by Gasteiger charge is -2.08. The topological polar surface area (TPSA) is 44.1 Å². The van der Waals surface area contributed by atoms with Gasteiger partial charge in [0.05, 0.1) is 23.4 Å². The van der Waals surface area contributed by atoms with E-state index in [4.69, 9.17) is 4.74 Å². The van der Waals surface area contributed by atoms with E-state index in [2.05, 4.69) is 5.10 Å². The van der Waals surface area contributed by atoms with Gasteiger partial charge in [0, 0.05) is 13.2 Å². The van der Waals surface area contributed by atoms with Crippen molar-refractivity contribution < 1.29 is 9.53 Å². The number of aryl methyl sites for hydroxylation is 2. The zero-order valence-electron chi connectivity index (χ0n) is 10.8. The molecule has 1 heterocycles. The summed E-state index contributed by atoms with van der Waals surface area (Å²) in [5.74, 6) is 0.568. The summed E-state index contributed by atoms with van der Waals surface area (Å²) >= 11 is 0. The fourth-order valence-corrected chi connectivity index (χ4v) is 1.90. The maximum absolute atomic E-state index is 12.4. The van der Waals surface area contributed by atoms with Gasteiger partial charge >= 0.3 is 0 Å². The second-order valence-corrected chi connectivity index (χ2v) is 4.06. The molecule has 2 rings (SSSR count). The molecular formula is C14H16N2O2. The van der Waals surface area contributed by atoms with E-state index in [1.807, 2.05) is 32.0 Å². The maximum atomic E-state index is 12.4. The van der Waals surface area contributed by atoms with E-state index >= 15 is 0 Å². The van der Waals surface area contributed by atoms with Gasteiger partial charge in [-0.3, -0.25) is 9.48 Å². The number of hydrogen-bond donors (Lipinski definition) is 0. The summed E-state index contributed by atoms with van der Waals surface area (Å²) in [7, 11) is 1.80. The molecule has 1 aromatic carbocycles. The summed E-state index contributed by atoms with van der Waals surface area (Å²) < 4.78 is 7.12. The molecule has 18 heavy (non-hydrogen) atoms. The Labute approximate surface area is 106 Å². The van der Waals surface area contributed by atoms with Crippen LogP contribution in [0.4, 0.5) is 0 Å². The first kappa shape index (κ1) is 12.4. The molecule has 0 radical (unpaired) electrons. The van der Waals surface area contributed by atoms with E-state index in [0.717, 1.165) is 5.69 Å². The molecule has 94 valence electrons. The smallest absolute Gasteiger partial charge is 0.200 e. The van der Waals surface area contributed by atoms with Crippen LogP contribution in [0.15, 0.2) is 30.5 Å². The van der Waals surface area contributed by atoms with Crippen LogP contribution in [0.2, 0.25) is 0 Å². The molecular weight excluding hydrogens is 228 g/mol. The molecule has 0 aliphatic heterocycles. The summed E-state index contributed by atoms with van der Waals surface area (Å²) in [5, 5.41) is 4.19. The highest BCUT2D eigenvalue weighted by molar-refractivity contribution is 6.11. The average Bonchev–Trinajstić information content (AvgIpc) is 2.69. The molecule has 0 N–H and O–H groups in total. The summed E-state index contributed by atoms with van der Waals surface area (Å²) in [4.78, 5) is 12.4. The van der Waals surface area contributed by atoms with Crippen molar-refractivity contribution in [1.29, 1.82) is 0 Å². The number of aromatic nitrogens is 2. The second kappa shape index (κ2) is 5.04. The number of ketones is 1. The minimum atomic E-state index is -0.0512. The highest BCUT2D eigenvalue weighted by atomic mass is 16.5. The third kappa shape index (κ3) is 2.27. The van der Waals surface area contributed by atoms with Crippen LogP contribution < -0.4 is 4.74 Å². The van der Waals surface area contributed by atoms with Gasteiger partial charge in [-0.2, -0.15) is 5.10 Å².